The molecule has 1 aliphatic rings. The molecule has 9 heteroatoms. The van der Waals surface area contributed by atoms with Gasteiger partial charge in [-0.15, -0.1) is 0 Å². The predicted octanol–water partition coefficient (Wildman–Crippen LogP) is 4.31. The lowest BCUT2D eigenvalue weighted by Gasteiger charge is -2.37. The van der Waals surface area contributed by atoms with E-state index in [9.17, 15) is 13.2 Å². The van der Waals surface area contributed by atoms with E-state index in [1.807, 2.05) is 55.5 Å². The topological polar surface area (TPSA) is 70.2 Å². The first-order valence-corrected chi connectivity index (χ1v) is 14.0. The van der Waals surface area contributed by atoms with Gasteiger partial charge in [0.2, 0.25) is 15.9 Å². The van der Waals surface area contributed by atoms with Crippen molar-refractivity contribution in [3.05, 3.63) is 88.4 Å². The highest BCUT2D eigenvalue weighted by Crippen LogP contribution is 2.23. The van der Waals surface area contributed by atoms with Gasteiger partial charge in [0.15, 0.2) is 0 Å². The van der Waals surface area contributed by atoms with Crippen LogP contribution >= 0.6 is 15.9 Å². The number of carbonyl (C=O) groups is 1. The molecule has 0 radical (unpaired) electrons. The third-order valence-electron chi connectivity index (χ3n) is 6.31. The summed E-state index contributed by atoms with van der Waals surface area (Å²) < 4.78 is 34.5. The number of carbonyl (C=O) groups excluding carboxylic acids is 1. The minimum Gasteiger partial charge on any atom is -0.497 e. The summed E-state index contributed by atoms with van der Waals surface area (Å²) in [5, 5.41) is 0. The Balaban J connectivity index is 1.47. The van der Waals surface area contributed by atoms with Crippen LogP contribution in [0, 0.1) is 6.92 Å². The van der Waals surface area contributed by atoms with Crippen molar-refractivity contribution in [3.8, 4) is 5.75 Å². The summed E-state index contributed by atoms with van der Waals surface area (Å²) >= 11 is 3.41. The maximum Gasteiger partial charge on any atom is 0.243 e. The Morgan fingerprint density at radius 3 is 2.11 bits per heavy atom. The van der Waals surface area contributed by atoms with Crippen molar-refractivity contribution >= 4 is 37.5 Å². The fourth-order valence-corrected chi connectivity index (χ4v) is 5.78. The molecule has 3 aromatic rings. The second-order valence-corrected chi connectivity index (χ2v) is 11.6. The average Bonchev–Trinajstić information content (AvgIpc) is 2.90. The number of hydrogen-bond donors (Lipinski definition) is 0. The molecular weight excluding hydrogens is 542 g/mol. The molecule has 1 aliphatic heterocycles. The van der Waals surface area contributed by atoms with Gasteiger partial charge in [-0.05, 0) is 61.0 Å². The zero-order valence-corrected chi connectivity index (χ0v) is 22.8. The zero-order chi connectivity index (χ0) is 25.7. The van der Waals surface area contributed by atoms with Crippen molar-refractivity contribution in [1.82, 2.24) is 9.21 Å². The number of rotatable bonds is 8. The monoisotopic (exact) mass is 571 g/mol. The Bertz CT molecular complexity index is 1270. The summed E-state index contributed by atoms with van der Waals surface area (Å²) in [6.07, 6.45) is 0. The molecule has 1 saturated heterocycles. The molecule has 0 aromatic heterocycles. The Labute approximate surface area is 221 Å². The predicted molar refractivity (Wildman–Crippen MR) is 145 cm³/mol. The van der Waals surface area contributed by atoms with E-state index in [2.05, 4.69) is 20.8 Å². The van der Waals surface area contributed by atoms with Crippen LogP contribution in [0.4, 0.5) is 5.69 Å². The van der Waals surface area contributed by atoms with Gasteiger partial charge in [0.05, 0.1) is 18.6 Å². The number of ether oxygens (including phenoxy) is 1. The number of amides is 1. The molecule has 4 rings (SSSR count). The van der Waals surface area contributed by atoms with Gasteiger partial charge in [-0.2, -0.15) is 4.31 Å². The fraction of sp³-hybridized carbons (Fsp3) is 0.296. The van der Waals surface area contributed by atoms with Gasteiger partial charge < -0.3 is 14.5 Å². The summed E-state index contributed by atoms with van der Waals surface area (Å²) in [5.41, 5.74) is 2.85. The van der Waals surface area contributed by atoms with Crippen LogP contribution in [0.25, 0.3) is 0 Å². The number of anilines is 1. The maximum atomic E-state index is 13.6. The molecule has 3 aromatic carbocycles. The van der Waals surface area contributed by atoms with E-state index < -0.39 is 10.0 Å². The van der Waals surface area contributed by atoms with E-state index in [1.54, 1.807) is 36.3 Å². The summed E-state index contributed by atoms with van der Waals surface area (Å²) in [6, 6.07) is 22.0. The van der Waals surface area contributed by atoms with Gasteiger partial charge >= 0.3 is 0 Å². The minimum absolute atomic E-state index is 0.112. The van der Waals surface area contributed by atoms with Crippen LogP contribution in [0.3, 0.4) is 0 Å². The van der Waals surface area contributed by atoms with Crippen LogP contribution in [0.5, 0.6) is 5.75 Å². The highest BCUT2D eigenvalue weighted by molar-refractivity contribution is 9.10. The van der Waals surface area contributed by atoms with E-state index in [0.717, 1.165) is 27.0 Å². The number of nitrogens with zero attached hydrogens (tertiary/aromatic N) is 3. The molecule has 0 atom stereocenters. The molecule has 36 heavy (non-hydrogen) atoms. The standard InChI is InChI=1S/C27H30BrN3O4S/c1-21-3-13-26(14-4-21)36(33,34)31(19-22-5-7-23(28)8-6-22)20-27(32)30-17-15-29(16-18-30)24-9-11-25(35-2)12-10-24/h3-14H,15-20H2,1-2H3. The second kappa shape index (κ2) is 11.5. The number of hydrogen-bond acceptors (Lipinski definition) is 5. The van der Waals surface area contributed by atoms with E-state index in [4.69, 9.17) is 4.74 Å². The molecule has 0 spiro atoms. The molecular formula is C27H30BrN3O4S. The maximum absolute atomic E-state index is 13.6. The van der Waals surface area contributed by atoms with Gasteiger partial charge in [0.1, 0.15) is 5.75 Å². The minimum atomic E-state index is -3.87. The first kappa shape index (κ1) is 26.2. The number of aryl methyl sites for hydroxylation is 1. The summed E-state index contributed by atoms with van der Waals surface area (Å²) in [7, 11) is -2.23. The number of benzene rings is 3. The van der Waals surface area contributed by atoms with Crippen molar-refractivity contribution in [1.29, 1.82) is 0 Å². The number of piperazine rings is 1. The molecule has 0 saturated carbocycles. The smallest absolute Gasteiger partial charge is 0.243 e. The van der Waals surface area contributed by atoms with Crippen LogP contribution in [-0.4, -0.2) is 63.4 Å². The van der Waals surface area contributed by atoms with Gasteiger partial charge in [-0.25, -0.2) is 8.42 Å². The molecule has 1 amide bonds. The van der Waals surface area contributed by atoms with Crippen LogP contribution in [0.2, 0.25) is 0 Å². The third-order valence-corrected chi connectivity index (χ3v) is 8.65. The Morgan fingerprint density at radius 1 is 0.917 bits per heavy atom. The quantitative estimate of drug-likeness (QED) is 0.403. The third kappa shape index (κ3) is 6.27. The number of halogens is 1. The molecule has 0 unspecified atom stereocenters. The molecule has 0 N–H and O–H groups in total. The zero-order valence-electron chi connectivity index (χ0n) is 20.4. The second-order valence-electron chi connectivity index (χ2n) is 8.78. The molecule has 1 heterocycles. The summed E-state index contributed by atoms with van der Waals surface area (Å²) in [6.45, 7) is 4.22. The molecule has 0 aliphatic carbocycles. The first-order chi connectivity index (χ1) is 17.3. The fourth-order valence-electron chi connectivity index (χ4n) is 4.14. The van der Waals surface area contributed by atoms with Crippen LogP contribution in [-0.2, 0) is 21.4 Å². The largest absolute Gasteiger partial charge is 0.497 e. The molecule has 190 valence electrons. The van der Waals surface area contributed by atoms with Crippen molar-refractivity contribution in [2.45, 2.75) is 18.4 Å². The Morgan fingerprint density at radius 2 is 1.53 bits per heavy atom. The van der Waals surface area contributed by atoms with E-state index in [0.29, 0.717) is 26.2 Å². The Hall–Kier alpha value is -2.88. The van der Waals surface area contributed by atoms with Crippen LogP contribution in [0.1, 0.15) is 11.1 Å². The van der Waals surface area contributed by atoms with Crippen molar-refractivity contribution < 1.29 is 17.9 Å². The lowest BCUT2D eigenvalue weighted by atomic mass is 10.2. The number of methoxy groups -OCH3 is 1. The van der Waals surface area contributed by atoms with Crippen molar-refractivity contribution in [3.63, 3.8) is 0 Å². The van der Waals surface area contributed by atoms with Gasteiger partial charge in [0, 0.05) is 42.9 Å². The highest BCUT2D eigenvalue weighted by Gasteiger charge is 2.30. The average molecular weight is 573 g/mol. The lowest BCUT2D eigenvalue weighted by molar-refractivity contribution is -0.131. The summed E-state index contributed by atoms with van der Waals surface area (Å²) in [5.74, 6) is 0.602. The molecule has 0 bridgehead atoms. The van der Waals surface area contributed by atoms with Crippen molar-refractivity contribution in [2.75, 3.05) is 44.7 Å². The van der Waals surface area contributed by atoms with E-state index >= 15 is 0 Å². The van der Waals surface area contributed by atoms with E-state index in [1.165, 1.54) is 4.31 Å². The van der Waals surface area contributed by atoms with E-state index in [-0.39, 0.29) is 23.9 Å². The Kier molecular flexibility index (Phi) is 8.33. The molecule has 7 nitrogen and oxygen atoms in total. The first-order valence-electron chi connectivity index (χ1n) is 11.7. The van der Waals surface area contributed by atoms with Gasteiger partial charge in [-0.1, -0.05) is 45.8 Å². The molecule has 1 fully saturated rings. The normalized spacial score (nSPS) is 14.2. The van der Waals surface area contributed by atoms with Crippen molar-refractivity contribution in [2.24, 2.45) is 0 Å². The van der Waals surface area contributed by atoms with Gasteiger partial charge in [0.25, 0.3) is 0 Å². The highest BCUT2D eigenvalue weighted by atomic mass is 79.9. The van der Waals surface area contributed by atoms with Crippen LogP contribution in [0.15, 0.2) is 82.2 Å². The SMILES string of the molecule is COc1ccc(N2CCN(C(=O)CN(Cc3ccc(Br)cc3)S(=O)(=O)c3ccc(C)cc3)CC2)cc1. The van der Waals surface area contributed by atoms with Gasteiger partial charge in [-0.3, -0.25) is 4.79 Å². The lowest BCUT2D eigenvalue weighted by Crippen LogP contribution is -2.51. The number of sulfonamides is 1. The summed E-state index contributed by atoms with van der Waals surface area (Å²) in [4.78, 5) is 17.4. The van der Waals surface area contributed by atoms with Crippen LogP contribution < -0.4 is 9.64 Å².